The second-order valence-electron chi connectivity index (χ2n) is 16.8. The Bertz CT molecular complexity index is 2620. The number of fused-ring (bicyclic) bond motifs is 14. The minimum Gasteiger partial charge on any atom is -0.457 e. The number of hydrogen-bond donors (Lipinski definition) is 0. The second-order valence-corrected chi connectivity index (χ2v) is 16.8. The van der Waals surface area contributed by atoms with E-state index in [1.165, 1.54) is 110 Å². The van der Waals surface area contributed by atoms with E-state index in [0.717, 1.165) is 23.3 Å². The minimum absolute atomic E-state index is 0.0362. The van der Waals surface area contributed by atoms with Gasteiger partial charge in [-0.2, -0.15) is 0 Å². The first kappa shape index (κ1) is 28.2. The molecule has 6 aliphatic carbocycles. The Hall–Kier alpha value is -5.40. The molecule has 0 saturated heterocycles. The number of benzene rings is 7. The van der Waals surface area contributed by atoms with Crippen molar-refractivity contribution in [1.29, 1.82) is 0 Å². The summed E-state index contributed by atoms with van der Waals surface area (Å²) in [5.41, 5.74) is 16.2. The molecule has 0 atom stereocenters. The molecule has 4 fully saturated rings. The van der Waals surface area contributed by atoms with Crippen LogP contribution in [0.1, 0.15) is 65.5 Å². The van der Waals surface area contributed by atoms with Gasteiger partial charge in [0.1, 0.15) is 11.5 Å². The van der Waals surface area contributed by atoms with Gasteiger partial charge in [-0.1, -0.05) is 121 Å². The lowest BCUT2D eigenvalue weighted by Gasteiger charge is -2.63. The molecule has 4 saturated carbocycles. The van der Waals surface area contributed by atoms with Crippen molar-refractivity contribution >= 4 is 10.8 Å². The third-order valence-corrected chi connectivity index (χ3v) is 14.7. The van der Waals surface area contributed by atoms with Gasteiger partial charge in [0.05, 0.1) is 5.41 Å². The molecule has 0 unspecified atom stereocenters. The van der Waals surface area contributed by atoms with Crippen LogP contribution >= 0.6 is 0 Å². The largest absolute Gasteiger partial charge is 0.457 e. The summed E-state index contributed by atoms with van der Waals surface area (Å²) in [6.07, 6.45) is 6.89. The van der Waals surface area contributed by atoms with Gasteiger partial charge in [-0.05, 0) is 146 Å². The SMILES string of the molecule is c1ccc2c(c1)Oc1ccc(-c3ccc4c(c3)-c3c(ccc5ccccc35)C43c4ccccc4-c4ccccc43)cc1C21C2CC3CC(C2)CC1C3. The first-order chi connectivity index (χ1) is 25.7. The van der Waals surface area contributed by atoms with E-state index in [9.17, 15) is 0 Å². The average molecular weight is 667 g/mol. The van der Waals surface area contributed by atoms with Crippen LogP contribution in [0.2, 0.25) is 0 Å². The van der Waals surface area contributed by atoms with E-state index in [-0.39, 0.29) is 10.8 Å². The first-order valence-electron chi connectivity index (χ1n) is 19.5. The Morgan fingerprint density at radius 2 is 1.00 bits per heavy atom. The Morgan fingerprint density at radius 3 is 1.77 bits per heavy atom. The van der Waals surface area contributed by atoms with Gasteiger partial charge in [-0.3, -0.25) is 0 Å². The zero-order valence-electron chi connectivity index (χ0n) is 29.1. The summed E-state index contributed by atoms with van der Waals surface area (Å²) in [6, 6.07) is 55.7. The molecule has 1 aliphatic heterocycles. The molecule has 1 nitrogen and oxygen atoms in total. The molecule has 1 heterocycles. The van der Waals surface area contributed by atoms with Gasteiger partial charge < -0.3 is 4.74 Å². The van der Waals surface area contributed by atoms with Gasteiger partial charge in [0.15, 0.2) is 0 Å². The molecule has 0 radical (unpaired) electrons. The molecule has 52 heavy (non-hydrogen) atoms. The summed E-state index contributed by atoms with van der Waals surface area (Å²) >= 11 is 0. The summed E-state index contributed by atoms with van der Waals surface area (Å²) in [5.74, 6) is 5.33. The third kappa shape index (κ3) is 3.25. The normalized spacial score (nSPS) is 25.7. The highest BCUT2D eigenvalue weighted by Gasteiger charge is 2.61. The maximum absolute atomic E-state index is 6.80. The number of ether oxygens (including phenoxy) is 1. The monoisotopic (exact) mass is 666 g/mol. The van der Waals surface area contributed by atoms with Gasteiger partial charge in [-0.15, -0.1) is 0 Å². The summed E-state index contributed by atoms with van der Waals surface area (Å²) in [6.45, 7) is 0. The van der Waals surface area contributed by atoms with Crippen molar-refractivity contribution in [1.82, 2.24) is 0 Å². The van der Waals surface area contributed by atoms with E-state index in [2.05, 4.69) is 146 Å². The lowest BCUT2D eigenvalue weighted by molar-refractivity contribution is -0.0452. The van der Waals surface area contributed by atoms with E-state index in [1.54, 1.807) is 0 Å². The molecule has 2 spiro atoms. The topological polar surface area (TPSA) is 9.23 Å². The van der Waals surface area contributed by atoms with Crippen molar-refractivity contribution in [2.24, 2.45) is 23.7 Å². The van der Waals surface area contributed by atoms with Crippen LogP contribution in [0, 0.1) is 23.7 Å². The average Bonchev–Trinajstić information content (AvgIpc) is 3.66. The molecular formula is C51H38O. The number of hydrogen-bond acceptors (Lipinski definition) is 1. The van der Waals surface area contributed by atoms with Crippen molar-refractivity contribution in [2.75, 3.05) is 0 Å². The fourth-order valence-corrected chi connectivity index (χ4v) is 13.2. The van der Waals surface area contributed by atoms with Crippen LogP contribution < -0.4 is 4.74 Å². The van der Waals surface area contributed by atoms with Gasteiger partial charge >= 0.3 is 0 Å². The van der Waals surface area contributed by atoms with Crippen LogP contribution in [0.3, 0.4) is 0 Å². The van der Waals surface area contributed by atoms with Crippen molar-refractivity contribution in [3.05, 3.63) is 179 Å². The van der Waals surface area contributed by atoms with Crippen molar-refractivity contribution in [3.63, 3.8) is 0 Å². The molecule has 7 aromatic carbocycles. The van der Waals surface area contributed by atoms with Crippen LogP contribution in [0.15, 0.2) is 146 Å². The van der Waals surface area contributed by atoms with E-state index in [4.69, 9.17) is 4.74 Å². The molecule has 1 heteroatoms. The van der Waals surface area contributed by atoms with Gasteiger partial charge in [-0.25, -0.2) is 0 Å². The lowest BCUT2D eigenvalue weighted by atomic mass is 9.41. The predicted molar refractivity (Wildman–Crippen MR) is 210 cm³/mol. The third-order valence-electron chi connectivity index (χ3n) is 14.7. The van der Waals surface area contributed by atoms with Crippen molar-refractivity contribution < 1.29 is 4.74 Å². The maximum Gasteiger partial charge on any atom is 0.131 e. The van der Waals surface area contributed by atoms with E-state index >= 15 is 0 Å². The van der Waals surface area contributed by atoms with Crippen LogP contribution in [0.5, 0.6) is 11.5 Å². The Morgan fingerprint density at radius 1 is 0.423 bits per heavy atom. The summed E-state index contributed by atoms with van der Waals surface area (Å²) in [4.78, 5) is 0. The van der Waals surface area contributed by atoms with Crippen LogP contribution in [0.25, 0.3) is 44.2 Å². The lowest BCUT2D eigenvalue weighted by Crippen LogP contribution is -2.56. The summed E-state index contributed by atoms with van der Waals surface area (Å²) < 4.78 is 6.80. The summed E-state index contributed by atoms with van der Waals surface area (Å²) in [5, 5.41) is 2.63. The molecular weight excluding hydrogens is 629 g/mol. The smallest absolute Gasteiger partial charge is 0.131 e. The van der Waals surface area contributed by atoms with Crippen molar-refractivity contribution in [3.8, 4) is 44.9 Å². The summed E-state index contributed by atoms with van der Waals surface area (Å²) in [7, 11) is 0. The molecule has 0 amide bonds. The minimum atomic E-state index is -0.349. The van der Waals surface area contributed by atoms with E-state index < -0.39 is 0 Å². The quantitative estimate of drug-likeness (QED) is 0.169. The maximum atomic E-state index is 6.80. The highest BCUT2D eigenvalue weighted by molar-refractivity contribution is 6.06. The Kier molecular flexibility index (Phi) is 5.27. The number of para-hydroxylation sites is 1. The van der Waals surface area contributed by atoms with E-state index in [0.29, 0.717) is 11.8 Å². The highest BCUT2D eigenvalue weighted by atomic mass is 16.5. The molecule has 14 rings (SSSR count). The predicted octanol–water partition coefficient (Wildman–Crippen LogP) is 12.7. The highest BCUT2D eigenvalue weighted by Crippen LogP contribution is 2.69. The zero-order valence-corrected chi connectivity index (χ0v) is 29.1. The fraction of sp³-hybridized carbons (Fsp3) is 0.216. The molecule has 0 aromatic heterocycles. The molecule has 0 N–H and O–H groups in total. The molecule has 7 aliphatic rings. The van der Waals surface area contributed by atoms with Crippen LogP contribution in [-0.2, 0) is 10.8 Å². The Labute approximate surface area is 304 Å². The van der Waals surface area contributed by atoms with Gasteiger partial charge in [0, 0.05) is 16.5 Å². The molecule has 248 valence electrons. The van der Waals surface area contributed by atoms with Gasteiger partial charge in [0.25, 0.3) is 0 Å². The van der Waals surface area contributed by atoms with Gasteiger partial charge in [0.2, 0.25) is 0 Å². The standard InChI is InChI=1S/C51H38O/c1-2-10-37-32(9-1)17-21-45-49(37)40-28-33(18-20-43(40)51(45)41-13-5-3-11-38(41)39-12-4-6-14-42(39)51)34-19-22-48-46(29-34)50(44-15-7-8-16-47(44)52-48)35-24-30-23-31(26-35)27-36(50)25-30/h1-22,28-31,35-36H,23-27H2. The molecule has 7 aromatic rings. The zero-order chi connectivity index (χ0) is 33.8. The Balaban J connectivity index is 1.06. The van der Waals surface area contributed by atoms with Crippen LogP contribution in [0.4, 0.5) is 0 Å². The second kappa shape index (κ2) is 9.72. The van der Waals surface area contributed by atoms with Crippen molar-refractivity contribution in [2.45, 2.75) is 42.9 Å². The van der Waals surface area contributed by atoms with Crippen LogP contribution in [-0.4, -0.2) is 0 Å². The fourth-order valence-electron chi connectivity index (χ4n) is 13.2. The molecule has 4 bridgehead atoms. The number of rotatable bonds is 1. The van der Waals surface area contributed by atoms with E-state index in [1.807, 2.05) is 0 Å². The first-order valence-corrected chi connectivity index (χ1v) is 19.5.